The van der Waals surface area contributed by atoms with Crippen molar-refractivity contribution in [3.8, 4) is 0 Å². The van der Waals surface area contributed by atoms with E-state index >= 15 is 0 Å². The first-order valence-electron chi connectivity index (χ1n) is 5.12. The summed E-state index contributed by atoms with van der Waals surface area (Å²) < 4.78 is 0. The van der Waals surface area contributed by atoms with Gasteiger partial charge >= 0.3 is 0 Å². The van der Waals surface area contributed by atoms with Crippen LogP contribution in [-0.2, 0) is 0 Å². The van der Waals surface area contributed by atoms with E-state index in [9.17, 15) is 5.11 Å². The standard InChI is InChI=1S/C11H20O/c1-10(2)4-5-11(3)7-8(10)6-9(11)12/h8-9,12H,4-7H2,1-3H3/t8-,9-,11-/m1/s1. The molecular weight excluding hydrogens is 148 g/mol. The van der Waals surface area contributed by atoms with Gasteiger partial charge in [-0.3, -0.25) is 0 Å². The van der Waals surface area contributed by atoms with Crippen LogP contribution in [0.2, 0.25) is 0 Å². The molecule has 0 heterocycles. The van der Waals surface area contributed by atoms with Crippen LogP contribution in [0.3, 0.4) is 0 Å². The molecule has 0 unspecified atom stereocenters. The SMILES string of the molecule is CC1(C)CC[C@]2(C)C[C@H]1C[C@H]2O. The lowest BCUT2D eigenvalue weighted by Gasteiger charge is -2.40. The lowest BCUT2D eigenvalue weighted by Crippen LogP contribution is -2.32. The van der Waals surface area contributed by atoms with E-state index in [-0.39, 0.29) is 11.5 Å². The number of fused-ring (bicyclic) bond motifs is 2. The summed E-state index contributed by atoms with van der Waals surface area (Å²) in [7, 11) is 0. The van der Waals surface area contributed by atoms with Gasteiger partial charge in [0.1, 0.15) is 0 Å². The molecule has 12 heavy (non-hydrogen) atoms. The first kappa shape index (κ1) is 8.55. The van der Waals surface area contributed by atoms with Crippen molar-refractivity contribution < 1.29 is 5.11 Å². The minimum Gasteiger partial charge on any atom is -0.393 e. The zero-order chi connectivity index (χ0) is 8.98. The van der Waals surface area contributed by atoms with Crippen LogP contribution in [0.4, 0.5) is 0 Å². The fraction of sp³-hybridized carbons (Fsp3) is 1.00. The molecule has 0 aromatic rings. The van der Waals surface area contributed by atoms with Gasteiger partial charge in [-0.15, -0.1) is 0 Å². The van der Waals surface area contributed by atoms with Crippen LogP contribution in [0.5, 0.6) is 0 Å². The molecule has 2 aliphatic carbocycles. The molecular formula is C11H20O. The minimum atomic E-state index is -0.0238. The van der Waals surface area contributed by atoms with E-state index in [0.29, 0.717) is 5.41 Å². The monoisotopic (exact) mass is 168 g/mol. The van der Waals surface area contributed by atoms with Crippen molar-refractivity contribution in [2.45, 2.75) is 52.6 Å². The summed E-state index contributed by atoms with van der Waals surface area (Å²) in [5.41, 5.74) is 0.747. The third-order valence-electron chi connectivity index (χ3n) is 4.47. The number of aliphatic hydroxyl groups is 1. The van der Waals surface area contributed by atoms with Crippen molar-refractivity contribution in [1.82, 2.24) is 0 Å². The van der Waals surface area contributed by atoms with Crippen molar-refractivity contribution >= 4 is 0 Å². The van der Waals surface area contributed by atoms with Crippen LogP contribution < -0.4 is 0 Å². The van der Waals surface area contributed by atoms with E-state index in [2.05, 4.69) is 20.8 Å². The second-order valence-electron chi connectivity index (χ2n) is 5.80. The Balaban J connectivity index is 2.23. The largest absolute Gasteiger partial charge is 0.393 e. The van der Waals surface area contributed by atoms with Crippen LogP contribution in [-0.4, -0.2) is 11.2 Å². The van der Waals surface area contributed by atoms with Gasteiger partial charge in [-0.2, -0.15) is 0 Å². The van der Waals surface area contributed by atoms with Gasteiger partial charge in [0, 0.05) is 0 Å². The topological polar surface area (TPSA) is 20.2 Å². The third kappa shape index (κ3) is 1.02. The highest BCUT2D eigenvalue weighted by Gasteiger charge is 2.51. The summed E-state index contributed by atoms with van der Waals surface area (Å²) in [4.78, 5) is 0. The zero-order valence-corrected chi connectivity index (χ0v) is 8.43. The molecule has 2 fully saturated rings. The first-order chi connectivity index (χ1) is 5.44. The molecule has 0 radical (unpaired) electrons. The number of aliphatic hydroxyl groups excluding tert-OH is 1. The number of hydrogen-bond donors (Lipinski definition) is 1. The minimum absolute atomic E-state index is 0.0238. The molecule has 2 aliphatic rings. The van der Waals surface area contributed by atoms with E-state index in [1.807, 2.05) is 0 Å². The molecule has 3 atom stereocenters. The van der Waals surface area contributed by atoms with E-state index in [1.165, 1.54) is 19.3 Å². The van der Waals surface area contributed by atoms with Crippen LogP contribution in [0.25, 0.3) is 0 Å². The van der Waals surface area contributed by atoms with Crippen molar-refractivity contribution in [3.05, 3.63) is 0 Å². The highest BCUT2D eigenvalue weighted by Crippen LogP contribution is 2.58. The molecule has 1 N–H and O–H groups in total. The van der Waals surface area contributed by atoms with Crippen LogP contribution >= 0.6 is 0 Å². The van der Waals surface area contributed by atoms with Gasteiger partial charge < -0.3 is 5.11 Å². The van der Waals surface area contributed by atoms with Crippen molar-refractivity contribution in [2.75, 3.05) is 0 Å². The molecule has 0 amide bonds. The van der Waals surface area contributed by atoms with Crippen molar-refractivity contribution in [3.63, 3.8) is 0 Å². The highest BCUT2D eigenvalue weighted by molar-refractivity contribution is 5.02. The maximum absolute atomic E-state index is 9.89. The van der Waals surface area contributed by atoms with Crippen molar-refractivity contribution in [1.29, 1.82) is 0 Å². The summed E-state index contributed by atoms with van der Waals surface area (Å²) in [5.74, 6) is 0.770. The van der Waals surface area contributed by atoms with Gasteiger partial charge in [0.05, 0.1) is 6.10 Å². The smallest absolute Gasteiger partial charge is 0.0596 e. The Morgan fingerprint density at radius 2 is 1.83 bits per heavy atom. The Bertz CT molecular complexity index is 197. The van der Waals surface area contributed by atoms with E-state index in [1.54, 1.807) is 0 Å². The Hall–Kier alpha value is -0.0400. The molecule has 2 bridgehead atoms. The Morgan fingerprint density at radius 3 is 2.42 bits per heavy atom. The number of rotatable bonds is 0. The van der Waals surface area contributed by atoms with E-state index in [0.717, 1.165) is 12.3 Å². The van der Waals surface area contributed by atoms with Gasteiger partial charge in [0.15, 0.2) is 0 Å². The summed E-state index contributed by atoms with van der Waals surface area (Å²) in [6.45, 7) is 6.97. The van der Waals surface area contributed by atoms with Gasteiger partial charge in [0.25, 0.3) is 0 Å². The summed E-state index contributed by atoms with van der Waals surface area (Å²) in [5, 5.41) is 9.89. The van der Waals surface area contributed by atoms with E-state index in [4.69, 9.17) is 0 Å². The average Bonchev–Trinajstić information content (AvgIpc) is 2.22. The Morgan fingerprint density at radius 1 is 1.17 bits per heavy atom. The highest BCUT2D eigenvalue weighted by atomic mass is 16.3. The second kappa shape index (κ2) is 2.25. The molecule has 0 spiro atoms. The fourth-order valence-corrected chi connectivity index (χ4v) is 3.01. The van der Waals surface area contributed by atoms with Crippen LogP contribution in [0.1, 0.15) is 46.5 Å². The Kier molecular flexibility index (Phi) is 1.61. The predicted octanol–water partition coefficient (Wildman–Crippen LogP) is 2.58. The average molecular weight is 168 g/mol. The van der Waals surface area contributed by atoms with Crippen molar-refractivity contribution in [2.24, 2.45) is 16.7 Å². The molecule has 0 aliphatic heterocycles. The van der Waals surface area contributed by atoms with Gasteiger partial charge in [-0.1, -0.05) is 20.8 Å². The second-order valence-corrected chi connectivity index (χ2v) is 5.80. The predicted molar refractivity (Wildman–Crippen MR) is 49.9 cm³/mol. The molecule has 70 valence electrons. The maximum Gasteiger partial charge on any atom is 0.0596 e. The quantitative estimate of drug-likeness (QED) is 0.589. The number of hydrogen-bond acceptors (Lipinski definition) is 1. The first-order valence-corrected chi connectivity index (χ1v) is 5.12. The summed E-state index contributed by atoms with van der Waals surface area (Å²) >= 11 is 0. The Labute approximate surface area is 75.2 Å². The molecule has 1 heteroatoms. The molecule has 0 aromatic carbocycles. The molecule has 0 saturated heterocycles. The zero-order valence-electron chi connectivity index (χ0n) is 8.43. The molecule has 2 rings (SSSR count). The van der Waals surface area contributed by atoms with Gasteiger partial charge in [-0.05, 0) is 42.4 Å². The lowest BCUT2D eigenvalue weighted by molar-refractivity contribution is 0.0414. The van der Waals surface area contributed by atoms with E-state index < -0.39 is 0 Å². The molecule has 2 saturated carbocycles. The maximum atomic E-state index is 9.89. The lowest BCUT2D eigenvalue weighted by atomic mass is 9.65. The summed E-state index contributed by atoms with van der Waals surface area (Å²) in [6.07, 6.45) is 4.79. The normalized spacial score (nSPS) is 51.0. The summed E-state index contributed by atoms with van der Waals surface area (Å²) in [6, 6.07) is 0. The van der Waals surface area contributed by atoms with Crippen LogP contribution in [0, 0.1) is 16.7 Å². The van der Waals surface area contributed by atoms with Gasteiger partial charge in [0.2, 0.25) is 0 Å². The van der Waals surface area contributed by atoms with Crippen LogP contribution in [0.15, 0.2) is 0 Å². The molecule has 0 aromatic heterocycles. The third-order valence-corrected chi connectivity index (χ3v) is 4.47. The fourth-order valence-electron chi connectivity index (χ4n) is 3.01. The molecule has 1 nitrogen and oxygen atoms in total. The van der Waals surface area contributed by atoms with Gasteiger partial charge in [-0.25, -0.2) is 0 Å².